The van der Waals surface area contributed by atoms with E-state index in [2.05, 4.69) is 5.16 Å². The molecule has 1 heterocycles. The minimum absolute atomic E-state index is 0.0144. The monoisotopic (exact) mass is 152 g/mol. The summed E-state index contributed by atoms with van der Waals surface area (Å²) in [6.07, 6.45) is 3.32. The van der Waals surface area contributed by atoms with Crippen molar-refractivity contribution in [3.05, 3.63) is 17.0 Å². The summed E-state index contributed by atoms with van der Waals surface area (Å²) >= 11 is 0. The number of nitrogens with two attached hydrogens (primary N) is 1. The SMILES string of the molecule is CC(N)c1noc2c1CCC2. The van der Waals surface area contributed by atoms with E-state index in [4.69, 9.17) is 10.3 Å². The maximum absolute atomic E-state index is 5.71. The van der Waals surface area contributed by atoms with Crippen molar-refractivity contribution in [1.82, 2.24) is 5.16 Å². The van der Waals surface area contributed by atoms with Crippen LogP contribution in [0.5, 0.6) is 0 Å². The largest absolute Gasteiger partial charge is 0.361 e. The Morgan fingerprint density at radius 1 is 1.55 bits per heavy atom. The molecule has 0 saturated heterocycles. The first-order valence-electron chi connectivity index (χ1n) is 4.02. The molecule has 1 atom stereocenters. The molecule has 1 unspecified atom stereocenters. The normalized spacial score (nSPS) is 18.4. The first kappa shape index (κ1) is 6.85. The van der Waals surface area contributed by atoms with Gasteiger partial charge >= 0.3 is 0 Å². The fourth-order valence-corrected chi connectivity index (χ4v) is 1.61. The van der Waals surface area contributed by atoms with Crippen LogP contribution in [-0.4, -0.2) is 5.16 Å². The Kier molecular flexibility index (Phi) is 1.46. The van der Waals surface area contributed by atoms with Crippen LogP contribution < -0.4 is 5.73 Å². The highest BCUT2D eigenvalue weighted by atomic mass is 16.5. The molecule has 1 aromatic heterocycles. The molecule has 1 aliphatic rings. The zero-order valence-electron chi connectivity index (χ0n) is 6.63. The lowest BCUT2D eigenvalue weighted by Crippen LogP contribution is -2.07. The molecule has 11 heavy (non-hydrogen) atoms. The summed E-state index contributed by atoms with van der Waals surface area (Å²) in [4.78, 5) is 0. The van der Waals surface area contributed by atoms with Gasteiger partial charge in [-0.1, -0.05) is 5.16 Å². The van der Waals surface area contributed by atoms with Crippen LogP contribution in [-0.2, 0) is 12.8 Å². The number of hydrogen-bond acceptors (Lipinski definition) is 3. The van der Waals surface area contributed by atoms with Gasteiger partial charge in [-0.2, -0.15) is 0 Å². The third-order valence-electron chi connectivity index (χ3n) is 2.16. The van der Waals surface area contributed by atoms with Crippen LogP contribution in [0.3, 0.4) is 0 Å². The topological polar surface area (TPSA) is 52.0 Å². The van der Waals surface area contributed by atoms with E-state index < -0.39 is 0 Å². The van der Waals surface area contributed by atoms with Crippen molar-refractivity contribution in [2.24, 2.45) is 5.73 Å². The molecule has 60 valence electrons. The maximum atomic E-state index is 5.71. The Balaban J connectivity index is 2.42. The van der Waals surface area contributed by atoms with Crippen molar-refractivity contribution < 1.29 is 4.52 Å². The maximum Gasteiger partial charge on any atom is 0.140 e. The number of aryl methyl sites for hydroxylation is 1. The van der Waals surface area contributed by atoms with Crippen LogP contribution in [0.4, 0.5) is 0 Å². The Labute approximate surface area is 65.6 Å². The van der Waals surface area contributed by atoms with E-state index in [0.717, 1.165) is 24.3 Å². The van der Waals surface area contributed by atoms with Crippen molar-refractivity contribution in [3.63, 3.8) is 0 Å². The summed E-state index contributed by atoms with van der Waals surface area (Å²) in [6, 6.07) is 0.0144. The molecule has 0 amide bonds. The highest BCUT2D eigenvalue weighted by Gasteiger charge is 2.22. The van der Waals surface area contributed by atoms with Crippen molar-refractivity contribution in [3.8, 4) is 0 Å². The van der Waals surface area contributed by atoms with E-state index in [1.54, 1.807) is 0 Å². The van der Waals surface area contributed by atoms with Gasteiger partial charge in [0, 0.05) is 18.0 Å². The smallest absolute Gasteiger partial charge is 0.140 e. The molecule has 3 nitrogen and oxygen atoms in total. The molecule has 2 rings (SSSR count). The zero-order valence-corrected chi connectivity index (χ0v) is 6.63. The lowest BCUT2D eigenvalue weighted by Gasteiger charge is -1.99. The van der Waals surface area contributed by atoms with Gasteiger partial charge in [-0.25, -0.2) is 0 Å². The van der Waals surface area contributed by atoms with E-state index in [-0.39, 0.29) is 6.04 Å². The summed E-state index contributed by atoms with van der Waals surface area (Å²) < 4.78 is 5.14. The van der Waals surface area contributed by atoms with E-state index in [9.17, 15) is 0 Å². The molecule has 1 aromatic rings. The minimum atomic E-state index is 0.0144. The predicted molar refractivity (Wildman–Crippen MR) is 41.1 cm³/mol. The second-order valence-electron chi connectivity index (χ2n) is 3.11. The third kappa shape index (κ3) is 0.959. The highest BCUT2D eigenvalue weighted by molar-refractivity contribution is 5.28. The summed E-state index contributed by atoms with van der Waals surface area (Å²) in [5.41, 5.74) is 7.93. The van der Waals surface area contributed by atoms with Crippen LogP contribution in [0, 0.1) is 0 Å². The molecule has 1 aliphatic carbocycles. The molecule has 0 spiro atoms. The average Bonchev–Trinajstić information content (AvgIpc) is 2.41. The first-order chi connectivity index (χ1) is 5.29. The van der Waals surface area contributed by atoms with Crippen LogP contribution in [0.2, 0.25) is 0 Å². The van der Waals surface area contributed by atoms with E-state index in [1.807, 2.05) is 6.92 Å². The van der Waals surface area contributed by atoms with Gasteiger partial charge in [-0.3, -0.25) is 0 Å². The Morgan fingerprint density at radius 3 is 3.09 bits per heavy atom. The van der Waals surface area contributed by atoms with Crippen LogP contribution in [0.15, 0.2) is 4.52 Å². The summed E-state index contributed by atoms with van der Waals surface area (Å²) in [5.74, 6) is 1.05. The molecule has 0 bridgehead atoms. The fourth-order valence-electron chi connectivity index (χ4n) is 1.61. The predicted octanol–water partition coefficient (Wildman–Crippen LogP) is 1.18. The van der Waals surface area contributed by atoms with Crippen molar-refractivity contribution in [2.45, 2.75) is 32.2 Å². The molecule has 3 heteroatoms. The highest BCUT2D eigenvalue weighted by Crippen LogP contribution is 2.27. The fraction of sp³-hybridized carbons (Fsp3) is 0.625. The minimum Gasteiger partial charge on any atom is -0.361 e. The number of aromatic nitrogens is 1. The van der Waals surface area contributed by atoms with Gasteiger partial charge in [0.05, 0.1) is 0 Å². The summed E-state index contributed by atoms with van der Waals surface area (Å²) in [6.45, 7) is 1.94. The molecule has 0 saturated carbocycles. The van der Waals surface area contributed by atoms with Gasteiger partial charge in [0.25, 0.3) is 0 Å². The van der Waals surface area contributed by atoms with Gasteiger partial charge in [0.1, 0.15) is 11.5 Å². The average molecular weight is 152 g/mol. The Morgan fingerprint density at radius 2 is 2.36 bits per heavy atom. The molecule has 0 fully saturated rings. The van der Waals surface area contributed by atoms with E-state index in [0.29, 0.717) is 0 Å². The summed E-state index contributed by atoms with van der Waals surface area (Å²) in [7, 11) is 0. The second-order valence-corrected chi connectivity index (χ2v) is 3.11. The quantitative estimate of drug-likeness (QED) is 0.657. The molecule has 0 aromatic carbocycles. The third-order valence-corrected chi connectivity index (χ3v) is 2.16. The van der Waals surface area contributed by atoms with Gasteiger partial charge in [0.15, 0.2) is 0 Å². The van der Waals surface area contributed by atoms with E-state index >= 15 is 0 Å². The molecule has 0 aliphatic heterocycles. The van der Waals surface area contributed by atoms with Crippen LogP contribution in [0.25, 0.3) is 0 Å². The van der Waals surface area contributed by atoms with E-state index in [1.165, 1.54) is 12.0 Å². The number of nitrogens with zero attached hydrogens (tertiary/aromatic N) is 1. The number of fused-ring (bicyclic) bond motifs is 1. The molecular weight excluding hydrogens is 140 g/mol. The van der Waals surface area contributed by atoms with Gasteiger partial charge in [-0.15, -0.1) is 0 Å². The molecular formula is C8H12N2O. The van der Waals surface area contributed by atoms with Crippen LogP contribution >= 0.6 is 0 Å². The lowest BCUT2D eigenvalue weighted by atomic mass is 10.1. The van der Waals surface area contributed by atoms with Crippen molar-refractivity contribution >= 4 is 0 Å². The Bertz CT molecular complexity index is 265. The van der Waals surface area contributed by atoms with Crippen LogP contribution in [0.1, 0.15) is 36.4 Å². The Hall–Kier alpha value is -0.830. The summed E-state index contributed by atoms with van der Waals surface area (Å²) in [5, 5.41) is 3.94. The van der Waals surface area contributed by atoms with Crippen molar-refractivity contribution in [1.29, 1.82) is 0 Å². The second kappa shape index (κ2) is 2.34. The van der Waals surface area contributed by atoms with Gasteiger partial charge < -0.3 is 10.3 Å². The zero-order chi connectivity index (χ0) is 7.84. The van der Waals surface area contributed by atoms with Crippen molar-refractivity contribution in [2.75, 3.05) is 0 Å². The number of rotatable bonds is 1. The standard InChI is InChI=1S/C8H12N2O/c1-5(9)8-6-3-2-4-7(6)11-10-8/h5H,2-4,9H2,1H3. The van der Waals surface area contributed by atoms with Gasteiger partial charge in [0.2, 0.25) is 0 Å². The lowest BCUT2D eigenvalue weighted by molar-refractivity contribution is 0.376. The molecule has 0 radical (unpaired) electrons. The number of hydrogen-bond donors (Lipinski definition) is 1. The first-order valence-corrected chi connectivity index (χ1v) is 4.02. The molecule has 2 N–H and O–H groups in total. The van der Waals surface area contributed by atoms with Gasteiger partial charge in [-0.05, 0) is 19.8 Å².